The number of aromatic hydroxyl groups is 1. The van der Waals surface area contributed by atoms with Gasteiger partial charge in [0.1, 0.15) is 23.0 Å². The van der Waals surface area contributed by atoms with E-state index in [1.807, 2.05) is 63.2 Å². The molecule has 0 atom stereocenters. The molecule has 6 heteroatoms. The van der Waals surface area contributed by atoms with E-state index in [0.717, 1.165) is 23.1 Å². The molecule has 32 heavy (non-hydrogen) atoms. The molecule has 4 rings (SSSR count). The van der Waals surface area contributed by atoms with Crippen LogP contribution in [-0.2, 0) is 11.0 Å². The van der Waals surface area contributed by atoms with Crippen LogP contribution in [0.3, 0.4) is 0 Å². The molecule has 0 spiro atoms. The molecular formula is C26H25O5P. The minimum Gasteiger partial charge on any atom is -0.507 e. The molecule has 4 aromatic rings. The molecule has 164 valence electrons. The van der Waals surface area contributed by atoms with Crippen LogP contribution in [0.2, 0.25) is 0 Å². The number of phenolic OH excluding ortho intramolecular Hbond substituents is 1. The predicted octanol–water partition coefficient (Wildman–Crippen LogP) is 7.37. The van der Waals surface area contributed by atoms with Crippen LogP contribution in [0.4, 0.5) is 0 Å². The topological polar surface area (TPSA) is 65.0 Å². The van der Waals surface area contributed by atoms with Gasteiger partial charge in [-0.1, -0.05) is 55.5 Å². The van der Waals surface area contributed by atoms with E-state index >= 15 is 0 Å². The zero-order valence-corrected chi connectivity index (χ0v) is 19.1. The third-order valence-corrected chi connectivity index (χ3v) is 6.50. The number of benzene rings is 4. The molecule has 0 unspecified atom stereocenters. The third kappa shape index (κ3) is 4.58. The second kappa shape index (κ2) is 8.97. The summed E-state index contributed by atoms with van der Waals surface area (Å²) in [7, 11) is -4.16. The number of rotatable bonds is 7. The zero-order chi connectivity index (χ0) is 22.7. The predicted molar refractivity (Wildman–Crippen MR) is 127 cm³/mol. The van der Waals surface area contributed by atoms with E-state index in [1.54, 1.807) is 30.3 Å². The SMILES string of the molecule is CCc1ccc2c(OP(=O)(Oc3ccccc3C)Oc3ccccc3C)ccc(O)c2c1. The van der Waals surface area contributed by atoms with Gasteiger partial charge in [0.25, 0.3) is 0 Å². The number of para-hydroxylation sites is 2. The lowest BCUT2D eigenvalue weighted by molar-refractivity contribution is 0.298. The lowest BCUT2D eigenvalue weighted by atomic mass is 10.0. The van der Waals surface area contributed by atoms with Gasteiger partial charge in [-0.05, 0) is 67.3 Å². The first-order chi connectivity index (χ1) is 15.4. The minimum atomic E-state index is -4.16. The van der Waals surface area contributed by atoms with Crippen LogP contribution in [0.15, 0.2) is 78.9 Å². The first-order valence-corrected chi connectivity index (χ1v) is 11.9. The Labute approximate surface area is 187 Å². The second-order valence-corrected chi connectivity index (χ2v) is 9.01. The molecule has 0 aliphatic rings. The Morgan fingerprint density at radius 1 is 0.719 bits per heavy atom. The van der Waals surface area contributed by atoms with E-state index in [2.05, 4.69) is 0 Å². The highest BCUT2D eigenvalue weighted by Crippen LogP contribution is 2.52. The average molecular weight is 448 g/mol. The highest BCUT2D eigenvalue weighted by atomic mass is 31.2. The Balaban J connectivity index is 1.79. The molecule has 1 N–H and O–H groups in total. The van der Waals surface area contributed by atoms with Gasteiger partial charge >= 0.3 is 7.82 Å². The van der Waals surface area contributed by atoms with Gasteiger partial charge in [-0.3, -0.25) is 0 Å². The molecule has 0 saturated heterocycles. The summed E-state index contributed by atoms with van der Waals surface area (Å²) in [4.78, 5) is 0. The van der Waals surface area contributed by atoms with E-state index < -0.39 is 7.82 Å². The van der Waals surface area contributed by atoms with Gasteiger partial charge in [0.05, 0.1) is 0 Å². The number of hydrogen-bond acceptors (Lipinski definition) is 5. The van der Waals surface area contributed by atoms with Crippen molar-refractivity contribution >= 4 is 18.6 Å². The number of fused-ring (bicyclic) bond motifs is 1. The van der Waals surface area contributed by atoms with Crippen LogP contribution < -0.4 is 13.6 Å². The van der Waals surface area contributed by atoms with Gasteiger partial charge in [-0.15, -0.1) is 0 Å². The molecule has 4 aromatic carbocycles. The number of phenols is 1. The highest BCUT2D eigenvalue weighted by Gasteiger charge is 2.35. The number of hydrogen-bond donors (Lipinski definition) is 1. The monoisotopic (exact) mass is 448 g/mol. The normalized spacial score (nSPS) is 11.3. The first-order valence-electron chi connectivity index (χ1n) is 10.4. The Kier molecular flexibility index (Phi) is 6.11. The van der Waals surface area contributed by atoms with Gasteiger partial charge in [0, 0.05) is 10.8 Å². The molecule has 0 aliphatic carbocycles. The Bertz CT molecular complexity index is 1260. The van der Waals surface area contributed by atoms with Gasteiger partial charge in [-0.25, -0.2) is 0 Å². The van der Waals surface area contributed by atoms with Gasteiger partial charge < -0.3 is 18.7 Å². The summed E-state index contributed by atoms with van der Waals surface area (Å²) in [5, 5.41) is 11.6. The average Bonchev–Trinajstić information content (AvgIpc) is 2.79. The molecule has 0 saturated carbocycles. The van der Waals surface area contributed by atoms with Crippen molar-refractivity contribution in [2.45, 2.75) is 27.2 Å². The van der Waals surface area contributed by atoms with Crippen molar-refractivity contribution < 1.29 is 23.2 Å². The summed E-state index contributed by atoms with van der Waals surface area (Å²) in [5.74, 6) is 1.23. The van der Waals surface area contributed by atoms with E-state index in [4.69, 9.17) is 13.6 Å². The van der Waals surface area contributed by atoms with Crippen LogP contribution in [0.1, 0.15) is 23.6 Å². The smallest absolute Gasteiger partial charge is 0.507 e. The summed E-state index contributed by atoms with van der Waals surface area (Å²) in [6.07, 6.45) is 0.825. The highest BCUT2D eigenvalue weighted by molar-refractivity contribution is 7.49. The van der Waals surface area contributed by atoms with Crippen molar-refractivity contribution in [3.05, 3.63) is 95.6 Å². The zero-order valence-electron chi connectivity index (χ0n) is 18.2. The Morgan fingerprint density at radius 3 is 1.84 bits per heavy atom. The fraction of sp³-hybridized carbons (Fsp3) is 0.154. The molecule has 0 bridgehead atoms. The quantitative estimate of drug-likeness (QED) is 0.299. The van der Waals surface area contributed by atoms with Crippen molar-refractivity contribution in [2.75, 3.05) is 0 Å². The lowest BCUT2D eigenvalue weighted by Crippen LogP contribution is -2.09. The van der Waals surface area contributed by atoms with E-state index in [1.165, 1.54) is 6.07 Å². The number of phosphoric acid groups is 1. The van der Waals surface area contributed by atoms with E-state index in [-0.39, 0.29) is 5.75 Å². The van der Waals surface area contributed by atoms with Crippen LogP contribution in [0, 0.1) is 13.8 Å². The third-order valence-electron chi connectivity index (χ3n) is 5.24. The van der Waals surface area contributed by atoms with E-state index in [0.29, 0.717) is 28.0 Å². The number of phosphoric ester groups is 1. The van der Waals surface area contributed by atoms with Crippen molar-refractivity contribution in [2.24, 2.45) is 0 Å². The van der Waals surface area contributed by atoms with Crippen LogP contribution in [0.25, 0.3) is 10.8 Å². The van der Waals surface area contributed by atoms with Gasteiger partial charge in [0.2, 0.25) is 0 Å². The standard InChI is InChI=1S/C26H25O5P/c1-4-20-13-14-21-22(17-20)23(27)15-16-26(21)31-32(28,29-24-11-7-5-9-18(24)2)30-25-12-8-6-10-19(25)3/h5-17,27H,4H2,1-3H3. The largest absolute Gasteiger partial charge is 0.647 e. The molecule has 0 aliphatic heterocycles. The summed E-state index contributed by atoms with van der Waals surface area (Å²) in [6, 6.07) is 23.2. The molecule has 5 nitrogen and oxygen atoms in total. The minimum absolute atomic E-state index is 0.122. The maximum atomic E-state index is 13.9. The molecule has 0 aromatic heterocycles. The fourth-order valence-electron chi connectivity index (χ4n) is 3.39. The summed E-state index contributed by atoms with van der Waals surface area (Å²) >= 11 is 0. The van der Waals surface area contributed by atoms with Crippen molar-refractivity contribution in [1.82, 2.24) is 0 Å². The lowest BCUT2D eigenvalue weighted by Gasteiger charge is -2.22. The van der Waals surface area contributed by atoms with Crippen LogP contribution in [-0.4, -0.2) is 5.11 Å². The molecule has 0 radical (unpaired) electrons. The van der Waals surface area contributed by atoms with Crippen molar-refractivity contribution in [3.8, 4) is 23.0 Å². The number of aryl methyl sites for hydroxylation is 3. The summed E-state index contributed by atoms with van der Waals surface area (Å²) in [5.41, 5.74) is 2.67. The summed E-state index contributed by atoms with van der Waals surface area (Å²) < 4.78 is 31.6. The van der Waals surface area contributed by atoms with Crippen LogP contribution >= 0.6 is 7.82 Å². The van der Waals surface area contributed by atoms with Gasteiger partial charge in [0.15, 0.2) is 0 Å². The fourth-order valence-corrected chi connectivity index (χ4v) is 4.79. The van der Waals surface area contributed by atoms with Crippen molar-refractivity contribution in [3.63, 3.8) is 0 Å². The van der Waals surface area contributed by atoms with E-state index in [9.17, 15) is 9.67 Å². The van der Waals surface area contributed by atoms with Crippen molar-refractivity contribution in [1.29, 1.82) is 0 Å². The maximum absolute atomic E-state index is 13.9. The van der Waals surface area contributed by atoms with Gasteiger partial charge in [-0.2, -0.15) is 4.57 Å². The van der Waals surface area contributed by atoms with Crippen LogP contribution in [0.5, 0.6) is 23.0 Å². The molecule has 0 amide bonds. The maximum Gasteiger partial charge on any atom is 0.647 e. The Hall–Kier alpha value is -3.43. The molecule has 0 heterocycles. The second-order valence-electron chi connectivity index (χ2n) is 7.57. The Morgan fingerprint density at radius 2 is 1.28 bits per heavy atom. The first kappa shape index (κ1) is 21.8. The summed E-state index contributed by atoms with van der Waals surface area (Å²) in [6.45, 7) is 5.75. The molecular weight excluding hydrogens is 423 g/mol. The molecule has 0 fully saturated rings.